The highest BCUT2D eigenvalue weighted by atomic mass is 35.5. The van der Waals surface area contributed by atoms with Crippen molar-refractivity contribution in [1.29, 1.82) is 0 Å². The molecular weight excluding hydrogens is 314 g/mol. The maximum absolute atomic E-state index is 6.05. The van der Waals surface area contributed by atoms with Crippen molar-refractivity contribution < 1.29 is 4.74 Å². The van der Waals surface area contributed by atoms with E-state index in [0.717, 1.165) is 5.56 Å². The van der Waals surface area contributed by atoms with Crippen LogP contribution in [0.15, 0.2) is 36.4 Å². The minimum absolute atomic E-state index is 0.356. The molecule has 94 valence electrons. The Labute approximate surface area is 125 Å². The zero-order valence-corrected chi connectivity index (χ0v) is 12.1. The first kappa shape index (κ1) is 13.8. The van der Waals surface area contributed by atoms with Crippen molar-refractivity contribution in [2.75, 3.05) is 0 Å². The molecule has 0 spiro atoms. The summed E-state index contributed by atoms with van der Waals surface area (Å²) in [5.41, 5.74) is 0.876. The van der Waals surface area contributed by atoms with Crippen molar-refractivity contribution in [2.24, 2.45) is 0 Å². The van der Waals surface area contributed by atoms with Crippen molar-refractivity contribution in [1.82, 2.24) is 0 Å². The van der Waals surface area contributed by atoms with Crippen LogP contribution in [0.25, 0.3) is 0 Å². The molecule has 0 aliphatic carbocycles. The van der Waals surface area contributed by atoms with Gasteiger partial charge >= 0.3 is 0 Å². The van der Waals surface area contributed by atoms with Gasteiger partial charge in [0.25, 0.3) is 0 Å². The van der Waals surface area contributed by atoms with Crippen LogP contribution < -0.4 is 4.74 Å². The van der Waals surface area contributed by atoms with Gasteiger partial charge in [-0.1, -0.05) is 53.0 Å². The summed E-state index contributed by atoms with van der Waals surface area (Å²) in [5, 5.41) is 1.17. The second-order valence-electron chi connectivity index (χ2n) is 3.54. The molecule has 0 aliphatic heterocycles. The summed E-state index contributed by atoms with van der Waals surface area (Å²) < 4.78 is 5.71. The predicted molar refractivity (Wildman–Crippen MR) is 77.5 cm³/mol. The van der Waals surface area contributed by atoms with Gasteiger partial charge in [0.15, 0.2) is 0 Å². The molecule has 5 heteroatoms. The van der Waals surface area contributed by atoms with E-state index < -0.39 is 0 Å². The van der Waals surface area contributed by atoms with E-state index in [-0.39, 0.29) is 0 Å². The first-order chi connectivity index (χ1) is 8.61. The molecule has 18 heavy (non-hydrogen) atoms. The van der Waals surface area contributed by atoms with Gasteiger partial charge in [0.05, 0.1) is 20.9 Å². The van der Waals surface area contributed by atoms with Gasteiger partial charge in [-0.25, -0.2) is 0 Å². The zero-order valence-electron chi connectivity index (χ0n) is 9.09. The number of benzene rings is 2. The van der Waals surface area contributed by atoms with Gasteiger partial charge in [-0.2, -0.15) is 0 Å². The Kier molecular flexibility index (Phi) is 4.63. The molecule has 0 atom stereocenters. The molecule has 0 fully saturated rings. The Morgan fingerprint density at radius 3 is 2.22 bits per heavy atom. The van der Waals surface area contributed by atoms with Crippen LogP contribution in [-0.4, -0.2) is 0 Å². The lowest BCUT2D eigenvalue weighted by atomic mass is 10.2. The average molecular weight is 322 g/mol. The van der Waals surface area contributed by atoms with Gasteiger partial charge in [-0.05, 0) is 12.1 Å². The van der Waals surface area contributed by atoms with E-state index in [2.05, 4.69) is 0 Å². The minimum atomic E-state index is 0.356. The number of para-hydroxylation sites is 1. The molecule has 2 aromatic rings. The molecule has 2 aromatic carbocycles. The van der Waals surface area contributed by atoms with Crippen molar-refractivity contribution in [2.45, 2.75) is 5.88 Å². The van der Waals surface area contributed by atoms with Crippen LogP contribution in [0, 0.1) is 0 Å². The van der Waals surface area contributed by atoms with Crippen LogP contribution in [0.1, 0.15) is 5.56 Å². The Morgan fingerprint density at radius 1 is 0.833 bits per heavy atom. The van der Waals surface area contributed by atoms with Crippen molar-refractivity contribution >= 4 is 46.4 Å². The second-order valence-corrected chi connectivity index (χ2v) is 5.03. The fourth-order valence-electron chi connectivity index (χ4n) is 1.41. The highest BCUT2D eigenvalue weighted by molar-refractivity contribution is 6.43. The van der Waals surface area contributed by atoms with Crippen molar-refractivity contribution in [3.05, 3.63) is 57.0 Å². The lowest BCUT2D eigenvalue weighted by Crippen LogP contribution is -1.90. The normalized spacial score (nSPS) is 10.4. The fraction of sp³-hybridized carbons (Fsp3) is 0.0769. The summed E-state index contributed by atoms with van der Waals surface area (Å²) in [6.45, 7) is 0. The van der Waals surface area contributed by atoms with E-state index in [4.69, 9.17) is 51.1 Å². The maximum Gasteiger partial charge on any atom is 0.147 e. The van der Waals surface area contributed by atoms with Crippen LogP contribution in [0.5, 0.6) is 11.5 Å². The van der Waals surface area contributed by atoms with Gasteiger partial charge in [0, 0.05) is 11.6 Å². The third-order valence-corrected chi connectivity index (χ3v) is 3.62. The monoisotopic (exact) mass is 320 g/mol. The maximum atomic E-state index is 6.05. The molecule has 2 rings (SSSR count). The van der Waals surface area contributed by atoms with E-state index in [0.29, 0.717) is 32.4 Å². The third kappa shape index (κ3) is 3.04. The summed E-state index contributed by atoms with van der Waals surface area (Å²) in [5.74, 6) is 1.45. The molecule has 1 nitrogen and oxygen atoms in total. The average Bonchev–Trinajstić information content (AvgIpc) is 2.36. The molecule has 0 amide bonds. The summed E-state index contributed by atoms with van der Waals surface area (Å²) in [6.07, 6.45) is 0. The van der Waals surface area contributed by atoms with E-state index in [9.17, 15) is 0 Å². The second kappa shape index (κ2) is 6.03. The molecule has 0 saturated carbocycles. The van der Waals surface area contributed by atoms with Gasteiger partial charge in [-0.3, -0.25) is 0 Å². The van der Waals surface area contributed by atoms with Crippen LogP contribution in [0.2, 0.25) is 15.1 Å². The zero-order chi connectivity index (χ0) is 13.1. The number of alkyl halides is 1. The quantitative estimate of drug-likeness (QED) is 0.484. The van der Waals surface area contributed by atoms with E-state index in [1.807, 2.05) is 24.3 Å². The predicted octanol–water partition coefficient (Wildman–Crippen LogP) is 6.18. The summed E-state index contributed by atoms with van der Waals surface area (Å²) in [4.78, 5) is 0. The van der Waals surface area contributed by atoms with Crippen LogP contribution in [-0.2, 0) is 5.88 Å². The summed E-state index contributed by atoms with van der Waals surface area (Å²) in [6, 6.07) is 10.6. The minimum Gasteiger partial charge on any atom is -0.455 e. The number of hydrogen-bond donors (Lipinski definition) is 0. The van der Waals surface area contributed by atoms with Gasteiger partial charge in [0.2, 0.25) is 0 Å². The lowest BCUT2D eigenvalue weighted by molar-refractivity contribution is 0.478. The number of hydrogen-bond acceptors (Lipinski definition) is 1. The highest BCUT2D eigenvalue weighted by Gasteiger charge is 2.10. The lowest BCUT2D eigenvalue weighted by Gasteiger charge is -2.11. The molecule has 0 unspecified atom stereocenters. The Hall–Kier alpha value is -0.600. The molecule has 0 saturated heterocycles. The smallest absolute Gasteiger partial charge is 0.147 e. The molecular formula is C13H8Cl4O. The Morgan fingerprint density at radius 2 is 1.50 bits per heavy atom. The topological polar surface area (TPSA) is 9.23 Å². The first-order valence-corrected chi connectivity index (χ1v) is 6.75. The van der Waals surface area contributed by atoms with Crippen molar-refractivity contribution in [3.8, 4) is 11.5 Å². The van der Waals surface area contributed by atoms with Crippen LogP contribution >= 0.6 is 46.4 Å². The highest BCUT2D eigenvalue weighted by Crippen LogP contribution is 2.37. The van der Waals surface area contributed by atoms with E-state index in [1.54, 1.807) is 12.1 Å². The molecule has 0 bridgehead atoms. The van der Waals surface area contributed by atoms with E-state index in [1.165, 1.54) is 0 Å². The Bertz CT molecular complexity index is 569. The van der Waals surface area contributed by atoms with Gasteiger partial charge < -0.3 is 4.74 Å². The van der Waals surface area contributed by atoms with Gasteiger partial charge in [0.1, 0.15) is 11.5 Å². The van der Waals surface area contributed by atoms with Gasteiger partial charge in [-0.15, -0.1) is 11.6 Å². The summed E-state index contributed by atoms with van der Waals surface area (Å²) >= 11 is 23.7. The molecule has 0 N–H and O–H groups in total. The summed E-state index contributed by atoms with van der Waals surface area (Å²) in [7, 11) is 0. The standard InChI is InChI=1S/C13H8Cl4O/c14-7-8-3-1-2-4-12(8)18-13-6-10(16)9(15)5-11(13)17/h1-6H,7H2. The number of halogens is 4. The fourth-order valence-corrected chi connectivity index (χ4v) is 2.21. The van der Waals surface area contributed by atoms with E-state index >= 15 is 0 Å². The number of ether oxygens (including phenoxy) is 1. The molecule has 0 radical (unpaired) electrons. The first-order valence-electron chi connectivity index (χ1n) is 5.08. The Balaban J connectivity index is 2.37. The third-order valence-electron chi connectivity index (χ3n) is 2.31. The molecule has 0 heterocycles. The largest absolute Gasteiger partial charge is 0.455 e. The molecule has 0 aromatic heterocycles. The number of rotatable bonds is 3. The molecule has 0 aliphatic rings. The van der Waals surface area contributed by atoms with Crippen LogP contribution in [0.4, 0.5) is 0 Å². The SMILES string of the molecule is ClCc1ccccc1Oc1cc(Cl)c(Cl)cc1Cl. The van der Waals surface area contributed by atoms with Crippen LogP contribution in [0.3, 0.4) is 0 Å². The van der Waals surface area contributed by atoms with Crippen molar-refractivity contribution in [3.63, 3.8) is 0 Å².